The number of hydrogen-bond acceptors (Lipinski definition) is 4. The fraction of sp³-hybridized carbons (Fsp3) is 0. The van der Waals surface area contributed by atoms with E-state index in [1.807, 2.05) is 0 Å². The molecule has 5 nitrogen and oxygen atoms in total. The second kappa shape index (κ2) is 4.66. The number of nitrogens with zero attached hydrogens (tertiary/aromatic N) is 1. The van der Waals surface area contributed by atoms with E-state index in [0.29, 0.717) is 4.47 Å². The summed E-state index contributed by atoms with van der Waals surface area (Å²) in [6.07, 6.45) is 1.10. The van der Waals surface area contributed by atoms with E-state index in [4.69, 9.17) is 0 Å². The van der Waals surface area contributed by atoms with E-state index >= 15 is 0 Å². The number of aromatic nitrogens is 1. The Morgan fingerprint density at radius 1 is 1.22 bits per heavy atom. The Labute approximate surface area is 111 Å². The highest BCUT2D eigenvalue weighted by Crippen LogP contribution is 2.25. The Hall–Kier alpha value is -2.08. The smallest absolute Gasteiger partial charge is 0.307 e. The summed E-state index contributed by atoms with van der Waals surface area (Å²) >= 11 is 3.16. The highest BCUT2D eigenvalue weighted by atomic mass is 79.9. The van der Waals surface area contributed by atoms with Crippen LogP contribution < -0.4 is 4.73 Å². The predicted molar refractivity (Wildman–Crippen MR) is 66.3 cm³/mol. The number of benzene rings is 1. The Morgan fingerprint density at radius 3 is 2.61 bits per heavy atom. The standard InChI is InChI=1S/C12H8BrNO4/c13-7-3-4-9(15)8(6-7)12(17)11-10(16)2-1-5-14(11)18/h1-6,15-16H. The van der Waals surface area contributed by atoms with Gasteiger partial charge in [-0.05, 0) is 24.3 Å². The van der Waals surface area contributed by atoms with Crippen molar-refractivity contribution in [2.24, 2.45) is 0 Å². The van der Waals surface area contributed by atoms with E-state index in [0.717, 1.165) is 6.20 Å². The molecule has 1 heterocycles. The van der Waals surface area contributed by atoms with Gasteiger partial charge in [-0.1, -0.05) is 15.9 Å². The van der Waals surface area contributed by atoms with Gasteiger partial charge in [0.1, 0.15) is 5.75 Å². The van der Waals surface area contributed by atoms with Crippen molar-refractivity contribution in [3.8, 4) is 11.5 Å². The van der Waals surface area contributed by atoms with E-state index in [1.165, 1.54) is 24.3 Å². The lowest BCUT2D eigenvalue weighted by molar-refractivity contribution is -0.608. The summed E-state index contributed by atoms with van der Waals surface area (Å²) in [6.45, 7) is 0. The van der Waals surface area contributed by atoms with Crippen LogP contribution in [0.25, 0.3) is 0 Å². The van der Waals surface area contributed by atoms with Gasteiger partial charge in [0.25, 0.3) is 5.78 Å². The number of pyridine rings is 1. The van der Waals surface area contributed by atoms with Gasteiger partial charge in [-0.2, -0.15) is 4.73 Å². The Kier molecular flexibility index (Phi) is 3.20. The molecule has 0 atom stereocenters. The average Bonchev–Trinajstić information content (AvgIpc) is 2.32. The van der Waals surface area contributed by atoms with Crippen molar-refractivity contribution < 1.29 is 19.7 Å². The summed E-state index contributed by atoms with van der Waals surface area (Å²) in [5.41, 5.74) is -0.485. The maximum Gasteiger partial charge on any atom is 0.307 e. The van der Waals surface area contributed by atoms with Gasteiger partial charge in [-0.3, -0.25) is 4.79 Å². The third-order valence-electron chi connectivity index (χ3n) is 2.36. The largest absolute Gasteiger partial charge is 0.618 e. The van der Waals surface area contributed by atoms with Crippen molar-refractivity contribution in [1.82, 2.24) is 0 Å². The van der Waals surface area contributed by atoms with Crippen LogP contribution in [-0.2, 0) is 0 Å². The van der Waals surface area contributed by atoms with Crippen LogP contribution in [0.3, 0.4) is 0 Å². The molecule has 0 bridgehead atoms. The van der Waals surface area contributed by atoms with E-state index in [1.54, 1.807) is 6.07 Å². The first-order valence-corrected chi connectivity index (χ1v) is 5.74. The lowest BCUT2D eigenvalue weighted by Crippen LogP contribution is -2.34. The van der Waals surface area contributed by atoms with Crippen molar-refractivity contribution in [3.63, 3.8) is 0 Å². The molecular formula is C12H8BrNO4. The van der Waals surface area contributed by atoms with E-state index in [9.17, 15) is 20.2 Å². The van der Waals surface area contributed by atoms with Crippen LogP contribution in [0.5, 0.6) is 11.5 Å². The predicted octanol–water partition coefficient (Wildman–Crippen LogP) is 1.72. The van der Waals surface area contributed by atoms with E-state index in [-0.39, 0.29) is 16.0 Å². The molecule has 0 aliphatic rings. The Balaban J connectivity index is 2.58. The van der Waals surface area contributed by atoms with Crippen LogP contribution in [0, 0.1) is 5.21 Å². The molecule has 92 valence electrons. The second-order valence-corrected chi connectivity index (χ2v) is 4.47. The van der Waals surface area contributed by atoms with Crippen molar-refractivity contribution in [2.75, 3.05) is 0 Å². The zero-order valence-electron chi connectivity index (χ0n) is 9.00. The molecule has 0 spiro atoms. The number of aromatic hydroxyl groups is 2. The molecule has 0 radical (unpaired) electrons. The number of phenolic OH excluding ortho intramolecular Hbond substituents is 1. The summed E-state index contributed by atoms with van der Waals surface area (Å²) in [4.78, 5) is 12.1. The van der Waals surface area contributed by atoms with E-state index < -0.39 is 17.2 Å². The van der Waals surface area contributed by atoms with Gasteiger partial charge in [0.05, 0.1) is 5.56 Å². The van der Waals surface area contributed by atoms with Crippen molar-refractivity contribution in [3.05, 3.63) is 57.5 Å². The number of phenols is 1. The quantitative estimate of drug-likeness (QED) is 0.502. The van der Waals surface area contributed by atoms with Gasteiger partial charge < -0.3 is 15.4 Å². The average molecular weight is 310 g/mol. The minimum Gasteiger partial charge on any atom is -0.618 e. The van der Waals surface area contributed by atoms with Crippen LogP contribution in [-0.4, -0.2) is 16.0 Å². The molecule has 18 heavy (non-hydrogen) atoms. The molecule has 2 N–H and O–H groups in total. The molecule has 0 unspecified atom stereocenters. The minimum absolute atomic E-state index is 0.0597. The molecule has 0 fully saturated rings. The first kappa shape index (κ1) is 12.4. The summed E-state index contributed by atoms with van der Waals surface area (Å²) in [6, 6.07) is 6.81. The number of ketones is 1. The van der Waals surface area contributed by atoms with Gasteiger partial charge in [-0.25, -0.2) is 0 Å². The monoisotopic (exact) mass is 309 g/mol. The van der Waals surface area contributed by atoms with Gasteiger partial charge in [0.2, 0.25) is 0 Å². The van der Waals surface area contributed by atoms with Gasteiger partial charge in [-0.15, -0.1) is 0 Å². The maximum absolute atomic E-state index is 12.1. The van der Waals surface area contributed by atoms with Crippen molar-refractivity contribution in [2.45, 2.75) is 0 Å². The zero-order chi connectivity index (χ0) is 13.3. The van der Waals surface area contributed by atoms with Gasteiger partial charge >= 0.3 is 5.69 Å². The third-order valence-corrected chi connectivity index (χ3v) is 2.85. The molecule has 6 heteroatoms. The lowest BCUT2D eigenvalue weighted by Gasteiger charge is -2.06. The number of carbonyl (C=O) groups is 1. The SMILES string of the molecule is O=C(c1cc(Br)ccc1O)c1c(O)ccc[n+]1[O-]. The summed E-state index contributed by atoms with van der Waals surface area (Å²) in [7, 11) is 0. The first-order chi connectivity index (χ1) is 8.50. The molecule has 2 aromatic rings. The van der Waals surface area contributed by atoms with Crippen LogP contribution in [0.15, 0.2) is 41.0 Å². The first-order valence-electron chi connectivity index (χ1n) is 4.95. The van der Waals surface area contributed by atoms with Gasteiger partial charge in [0.15, 0.2) is 11.9 Å². The van der Waals surface area contributed by atoms with Gasteiger partial charge in [0, 0.05) is 10.5 Å². The third kappa shape index (κ3) is 2.14. The Bertz CT molecular complexity index is 607. The second-order valence-electron chi connectivity index (χ2n) is 3.56. The maximum atomic E-state index is 12.1. The minimum atomic E-state index is -0.748. The van der Waals surface area contributed by atoms with Crippen LogP contribution >= 0.6 is 15.9 Å². The number of hydrogen-bond donors (Lipinski definition) is 2. The highest BCUT2D eigenvalue weighted by Gasteiger charge is 2.25. The lowest BCUT2D eigenvalue weighted by atomic mass is 10.1. The van der Waals surface area contributed by atoms with Crippen LogP contribution in [0.4, 0.5) is 0 Å². The van der Waals surface area contributed by atoms with Crippen molar-refractivity contribution in [1.29, 1.82) is 0 Å². The number of rotatable bonds is 2. The molecule has 0 aliphatic heterocycles. The fourth-order valence-electron chi connectivity index (χ4n) is 1.51. The molecule has 0 saturated carbocycles. The molecule has 2 rings (SSSR count). The molecule has 0 saturated heterocycles. The summed E-state index contributed by atoms with van der Waals surface area (Å²) in [5, 5.41) is 30.7. The summed E-state index contributed by atoms with van der Waals surface area (Å²) < 4.78 is 0.842. The zero-order valence-corrected chi connectivity index (χ0v) is 10.6. The van der Waals surface area contributed by atoms with Crippen LogP contribution in [0.1, 0.15) is 16.1 Å². The van der Waals surface area contributed by atoms with Crippen molar-refractivity contribution >= 4 is 21.7 Å². The molecular weight excluding hydrogens is 302 g/mol. The summed E-state index contributed by atoms with van der Waals surface area (Å²) in [5.74, 6) is -1.44. The highest BCUT2D eigenvalue weighted by molar-refractivity contribution is 9.10. The molecule has 1 aromatic heterocycles. The molecule has 0 aliphatic carbocycles. The normalized spacial score (nSPS) is 10.3. The number of carbonyl (C=O) groups excluding carboxylic acids is 1. The van der Waals surface area contributed by atoms with Crippen LogP contribution in [0.2, 0.25) is 0 Å². The Morgan fingerprint density at radius 2 is 1.94 bits per heavy atom. The number of halogens is 1. The topological polar surface area (TPSA) is 84.5 Å². The van der Waals surface area contributed by atoms with E-state index in [2.05, 4.69) is 15.9 Å². The molecule has 0 amide bonds. The molecule has 1 aromatic carbocycles. The fourth-order valence-corrected chi connectivity index (χ4v) is 1.87.